The van der Waals surface area contributed by atoms with Gasteiger partial charge in [0, 0.05) is 22.5 Å². The number of halogens is 1. The molecule has 0 fully saturated rings. The van der Waals surface area contributed by atoms with E-state index >= 15 is 0 Å². The maximum atomic E-state index is 12.7. The number of hydrogen-bond donors (Lipinski definition) is 1. The number of carbonyl (C=O) groups excluding carboxylic acids is 1. The van der Waals surface area contributed by atoms with E-state index in [1.165, 1.54) is 22.2 Å². The van der Waals surface area contributed by atoms with Crippen molar-refractivity contribution in [3.63, 3.8) is 0 Å². The lowest BCUT2D eigenvalue weighted by Crippen LogP contribution is -2.39. The van der Waals surface area contributed by atoms with Crippen LogP contribution in [0.5, 0.6) is 0 Å². The number of rotatable bonds is 6. The summed E-state index contributed by atoms with van der Waals surface area (Å²) < 4.78 is 7.87. The second kappa shape index (κ2) is 8.11. The van der Waals surface area contributed by atoms with Crippen molar-refractivity contribution >= 4 is 43.4 Å². The van der Waals surface area contributed by atoms with Crippen LogP contribution in [-0.4, -0.2) is 35.2 Å². The van der Waals surface area contributed by atoms with Gasteiger partial charge in [-0.15, -0.1) is 11.3 Å². The van der Waals surface area contributed by atoms with Crippen molar-refractivity contribution in [2.75, 3.05) is 13.7 Å². The van der Waals surface area contributed by atoms with Gasteiger partial charge in [-0.1, -0.05) is 28.1 Å². The highest BCUT2D eigenvalue weighted by Gasteiger charge is 2.13. The third-order valence-corrected chi connectivity index (χ3v) is 5.46. The molecule has 3 rings (SSSR count). The topological polar surface area (TPSA) is 73.2 Å². The van der Waals surface area contributed by atoms with Crippen LogP contribution in [0.15, 0.2) is 45.9 Å². The monoisotopic (exact) mass is 435 g/mol. The number of benzene rings is 1. The first kappa shape index (κ1) is 18.8. The zero-order valence-corrected chi connectivity index (χ0v) is 16.8. The Morgan fingerprint density at radius 3 is 2.81 bits per heavy atom. The largest absolute Gasteiger partial charge is 0.383 e. The van der Waals surface area contributed by atoms with Crippen molar-refractivity contribution in [1.29, 1.82) is 0 Å². The van der Waals surface area contributed by atoms with Crippen LogP contribution < -0.4 is 10.9 Å². The standard InChI is InChI=1S/C18H18BrN3O3S/c1-11(9-25-2)21-16(23)8-22-10-20-14-7-15(26-17(14)18(22)24)12-3-5-13(19)6-4-12/h3-7,10-11H,8-9H2,1-2H3,(H,21,23). The average Bonchev–Trinajstić information content (AvgIpc) is 3.03. The second-order valence-corrected chi connectivity index (χ2v) is 7.90. The normalized spacial score (nSPS) is 12.3. The minimum absolute atomic E-state index is 0.0681. The van der Waals surface area contributed by atoms with Crippen molar-refractivity contribution in [2.24, 2.45) is 0 Å². The van der Waals surface area contributed by atoms with Crippen molar-refractivity contribution in [3.8, 4) is 10.4 Å². The summed E-state index contributed by atoms with van der Waals surface area (Å²) in [5.74, 6) is -0.248. The first-order valence-corrected chi connectivity index (χ1v) is 9.62. The summed E-state index contributed by atoms with van der Waals surface area (Å²) in [6, 6.07) is 9.66. The van der Waals surface area contributed by atoms with Gasteiger partial charge in [0.15, 0.2) is 0 Å². The molecule has 1 N–H and O–H groups in total. The summed E-state index contributed by atoms with van der Waals surface area (Å²) >= 11 is 4.80. The van der Waals surface area contributed by atoms with Gasteiger partial charge in [0.1, 0.15) is 11.2 Å². The van der Waals surface area contributed by atoms with E-state index in [1.807, 2.05) is 37.3 Å². The zero-order valence-electron chi connectivity index (χ0n) is 14.4. The predicted octanol–water partition coefficient (Wildman–Crippen LogP) is 3.04. The Labute approximate surface area is 163 Å². The van der Waals surface area contributed by atoms with Crippen LogP contribution in [0.2, 0.25) is 0 Å². The smallest absolute Gasteiger partial charge is 0.271 e. The van der Waals surface area contributed by atoms with Crippen LogP contribution in [0.3, 0.4) is 0 Å². The van der Waals surface area contributed by atoms with E-state index in [1.54, 1.807) is 7.11 Å². The molecule has 8 heteroatoms. The number of fused-ring (bicyclic) bond motifs is 1. The number of carbonyl (C=O) groups is 1. The summed E-state index contributed by atoms with van der Waals surface area (Å²) in [6.45, 7) is 2.19. The van der Waals surface area contributed by atoms with E-state index in [0.717, 1.165) is 14.9 Å². The highest BCUT2D eigenvalue weighted by Crippen LogP contribution is 2.31. The number of thiophene rings is 1. The van der Waals surface area contributed by atoms with Gasteiger partial charge < -0.3 is 10.1 Å². The van der Waals surface area contributed by atoms with Crippen LogP contribution in [0.1, 0.15) is 6.92 Å². The Morgan fingerprint density at radius 1 is 1.38 bits per heavy atom. The van der Waals surface area contributed by atoms with Gasteiger partial charge in [-0.2, -0.15) is 0 Å². The Kier molecular flexibility index (Phi) is 5.85. The fraction of sp³-hybridized carbons (Fsp3) is 0.278. The molecule has 0 aliphatic rings. The van der Waals surface area contributed by atoms with E-state index in [4.69, 9.17) is 4.74 Å². The van der Waals surface area contributed by atoms with Gasteiger partial charge in [-0.3, -0.25) is 14.2 Å². The third kappa shape index (κ3) is 4.20. The van der Waals surface area contributed by atoms with Crippen LogP contribution in [0.4, 0.5) is 0 Å². The van der Waals surface area contributed by atoms with Crippen LogP contribution >= 0.6 is 27.3 Å². The number of nitrogens with zero attached hydrogens (tertiary/aromatic N) is 2. The molecule has 1 unspecified atom stereocenters. The molecule has 0 bridgehead atoms. The maximum absolute atomic E-state index is 12.7. The van der Waals surface area contributed by atoms with Gasteiger partial charge in [0.2, 0.25) is 5.91 Å². The van der Waals surface area contributed by atoms with Crippen LogP contribution in [0.25, 0.3) is 20.7 Å². The van der Waals surface area contributed by atoms with Gasteiger partial charge >= 0.3 is 0 Å². The quantitative estimate of drug-likeness (QED) is 0.645. The number of hydrogen-bond acceptors (Lipinski definition) is 5. The first-order chi connectivity index (χ1) is 12.5. The van der Waals surface area contributed by atoms with Crippen LogP contribution in [0, 0.1) is 0 Å². The number of methoxy groups -OCH3 is 1. The summed E-state index contributed by atoms with van der Waals surface area (Å²) in [6.07, 6.45) is 1.42. The van der Waals surface area contributed by atoms with Gasteiger partial charge in [-0.25, -0.2) is 4.98 Å². The molecule has 0 saturated carbocycles. The highest BCUT2D eigenvalue weighted by atomic mass is 79.9. The van der Waals surface area contributed by atoms with E-state index < -0.39 is 0 Å². The molecule has 136 valence electrons. The number of aromatic nitrogens is 2. The highest BCUT2D eigenvalue weighted by molar-refractivity contribution is 9.10. The second-order valence-electron chi connectivity index (χ2n) is 5.93. The molecule has 0 saturated heterocycles. The van der Waals surface area contributed by atoms with Crippen molar-refractivity contribution in [1.82, 2.24) is 14.9 Å². The number of nitrogens with one attached hydrogen (secondary N) is 1. The molecule has 0 aliphatic carbocycles. The van der Waals surface area contributed by atoms with Crippen LogP contribution in [-0.2, 0) is 16.1 Å². The Balaban J connectivity index is 1.85. The first-order valence-electron chi connectivity index (χ1n) is 8.01. The van der Waals surface area contributed by atoms with E-state index in [-0.39, 0.29) is 24.1 Å². The number of amides is 1. The molecule has 0 radical (unpaired) electrons. The van der Waals surface area contributed by atoms with E-state index in [2.05, 4.69) is 26.2 Å². The van der Waals surface area contributed by atoms with Gasteiger partial charge in [-0.05, 0) is 30.7 Å². The predicted molar refractivity (Wildman–Crippen MR) is 106 cm³/mol. The molecule has 2 heterocycles. The number of ether oxygens (including phenoxy) is 1. The fourth-order valence-electron chi connectivity index (χ4n) is 2.58. The lowest BCUT2D eigenvalue weighted by atomic mass is 10.2. The molecule has 6 nitrogen and oxygen atoms in total. The molecular formula is C18H18BrN3O3S. The molecule has 26 heavy (non-hydrogen) atoms. The molecule has 1 aromatic carbocycles. The lowest BCUT2D eigenvalue weighted by Gasteiger charge is -2.13. The fourth-order valence-corrected chi connectivity index (χ4v) is 3.91. The molecule has 3 aromatic rings. The summed E-state index contributed by atoms with van der Waals surface area (Å²) in [7, 11) is 1.57. The van der Waals surface area contributed by atoms with Crippen molar-refractivity contribution < 1.29 is 9.53 Å². The summed E-state index contributed by atoms with van der Waals surface area (Å²) in [5.41, 5.74) is 1.45. The summed E-state index contributed by atoms with van der Waals surface area (Å²) in [4.78, 5) is 30.1. The minimum Gasteiger partial charge on any atom is -0.383 e. The lowest BCUT2D eigenvalue weighted by molar-refractivity contribution is -0.122. The van der Waals surface area contributed by atoms with E-state index in [9.17, 15) is 9.59 Å². The minimum atomic E-state index is -0.248. The van der Waals surface area contributed by atoms with Gasteiger partial charge in [0.25, 0.3) is 5.56 Å². The average molecular weight is 436 g/mol. The SMILES string of the molecule is COCC(C)NC(=O)Cn1cnc2cc(-c3ccc(Br)cc3)sc2c1=O. The summed E-state index contributed by atoms with van der Waals surface area (Å²) in [5, 5.41) is 2.79. The van der Waals surface area contributed by atoms with Gasteiger partial charge in [0.05, 0.1) is 18.5 Å². The molecule has 2 aromatic heterocycles. The van der Waals surface area contributed by atoms with Crippen molar-refractivity contribution in [2.45, 2.75) is 19.5 Å². The van der Waals surface area contributed by atoms with E-state index in [0.29, 0.717) is 16.8 Å². The Hall–Kier alpha value is -2.03. The third-order valence-electron chi connectivity index (χ3n) is 3.77. The molecular weight excluding hydrogens is 418 g/mol. The molecule has 1 atom stereocenters. The molecule has 0 aliphatic heterocycles. The molecule has 1 amide bonds. The molecule has 0 spiro atoms. The van der Waals surface area contributed by atoms with Crippen molar-refractivity contribution in [3.05, 3.63) is 51.5 Å². The maximum Gasteiger partial charge on any atom is 0.271 e. The Bertz CT molecular complexity index is 982. The Morgan fingerprint density at radius 2 is 2.12 bits per heavy atom. The zero-order chi connectivity index (χ0) is 18.7.